The van der Waals surface area contributed by atoms with E-state index in [1.54, 1.807) is 0 Å². The number of hydrogen-bond donors (Lipinski definition) is 1. The predicted octanol–water partition coefficient (Wildman–Crippen LogP) is 0.102. The van der Waals surface area contributed by atoms with Crippen LogP contribution in [0.15, 0.2) is 0 Å². The fourth-order valence-corrected chi connectivity index (χ4v) is 0.984. The highest BCUT2D eigenvalue weighted by molar-refractivity contribution is 6.23. The van der Waals surface area contributed by atoms with Crippen molar-refractivity contribution in [3.05, 3.63) is 0 Å². The second-order valence-electron chi connectivity index (χ2n) is 2.66. The third-order valence-electron chi connectivity index (χ3n) is 1.90. The van der Waals surface area contributed by atoms with E-state index >= 15 is 0 Å². The molecule has 1 rings (SSSR count). The molecule has 10 heavy (non-hydrogen) atoms. The Kier molecular flexibility index (Phi) is 2.42. The van der Waals surface area contributed by atoms with Crippen LogP contribution >= 0.6 is 0 Å². The Bertz CT molecular complexity index is 141. The SMILES string of the molecule is O=CC(=O)NCC1CCC1. The number of aldehydes is 1. The van der Waals surface area contributed by atoms with Gasteiger partial charge < -0.3 is 5.32 Å². The van der Waals surface area contributed by atoms with Gasteiger partial charge in [-0.15, -0.1) is 0 Å². The largest absolute Gasteiger partial charge is 0.349 e. The van der Waals surface area contributed by atoms with Gasteiger partial charge in [-0.1, -0.05) is 6.42 Å². The minimum Gasteiger partial charge on any atom is -0.349 e. The molecule has 1 amide bonds. The van der Waals surface area contributed by atoms with Crippen LogP contribution < -0.4 is 5.32 Å². The van der Waals surface area contributed by atoms with Crippen LogP contribution in [0, 0.1) is 5.92 Å². The molecule has 0 unspecified atom stereocenters. The average Bonchev–Trinajstić information content (AvgIpc) is 1.84. The highest BCUT2D eigenvalue weighted by Gasteiger charge is 2.17. The van der Waals surface area contributed by atoms with Crippen LogP contribution in [0.25, 0.3) is 0 Å². The molecule has 0 saturated heterocycles. The van der Waals surface area contributed by atoms with Crippen molar-refractivity contribution in [2.45, 2.75) is 19.3 Å². The van der Waals surface area contributed by atoms with E-state index in [2.05, 4.69) is 5.32 Å². The molecule has 3 heteroatoms. The maximum Gasteiger partial charge on any atom is 0.284 e. The Morgan fingerprint density at radius 3 is 2.70 bits per heavy atom. The Morgan fingerprint density at radius 2 is 2.30 bits per heavy atom. The van der Waals surface area contributed by atoms with Gasteiger partial charge in [0.25, 0.3) is 5.91 Å². The topological polar surface area (TPSA) is 46.2 Å². The molecule has 1 saturated carbocycles. The molecule has 1 aliphatic carbocycles. The summed E-state index contributed by atoms with van der Waals surface area (Å²) in [5.74, 6) is 0.135. The third kappa shape index (κ3) is 1.83. The lowest BCUT2D eigenvalue weighted by atomic mass is 9.85. The summed E-state index contributed by atoms with van der Waals surface area (Å²) in [6, 6.07) is 0. The van der Waals surface area contributed by atoms with Crippen LogP contribution in [0.2, 0.25) is 0 Å². The van der Waals surface area contributed by atoms with Crippen molar-refractivity contribution in [3.8, 4) is 0 Å². The summed E-state index contributed by atoms with van der Waals surface area (Å²) in [6.45, 7) is 0.678. The molecule has 1 fully saturated rings. The minimum absolute atomic E-state index is 0.318. The summed E-state index contributed by atoms with van der Waals surface area (Å²) in [5, 5.41) is 2.53. The van der Waals surface area contributed by atoms with Gasteiger partial charge in [-0.3, -0.25) is 9.59 Å². The maximum absolute atomic E-state index is 10.4. The molecule has 0 atom stereocenters. The summed E-state index contributed by atoms with van der Waals surface area (Å²) < 4.78 is 0. The third-order valence-corrected chi connectivity index (χ3v) is 1.90. The lowest BCUT2D eigenvalue weighted by Gasteiger charge is -2.24. The molecule has 0 aromatic heterocycles. The van der Waals surface area contributed by atoms with Crippen LogP contribution in [0.3, 0.4) is 0 Å². The first kappa shape index (κ1) is 7.25. The Hall–Kier alpha value is -0.860. The summed E-state index contributed by atoms with van der Waals surface area (Å²) >= 11 is 0. The standard InChI is InChI=1S/C7H11NO2/c9-5-7(10)8-4-6-2-1-3-6/h5-6H,1-4H2,(H,8,10). The number of nitrogens with one attached hydrogen (secondary N) is 1. The molecule has 0 heterocycles. The molecule has 56 valence electrons. The Balaban J connectivity index is 2.03. The van der Waals surface area contributed by atoms with Crippen LogP contribution in [-0.2, 0) is 9.59 Å². The van der Waals surface area contributed by atoms with Crippen molar-refractivity contribution in [2.75, 3.05) is 6.54 Å². The minimum atomic E-state index is -0.494. The van der Waals surface area contributed by atoms with E-state index in [0.717, 1.165) is 0 Å². The van der Waals surface area contributed by atoms with E-state index in [4.69, 9.17) is 0 Å². The Morgan fingerprint density at radius 1 is 1.60 bits per heavy atom. The molecular weight excluding hydrogens is 130 g/mol. The monoisotopic (exact) mass is 141 g/mol. The normalized spacial score (nSPS) is 17.6. The number of carbonyl (C=O) groups is 2. The smallest absolute Gasteiger partial charge is 0.284 e. The van der Waals surface area contributed by atoms with Crippen LogP contribution in [-0.4, -0.2) is 18.7 Å². The van der Waals surface area contributed by atoms with Gasteiger partial charge in [0, 0.05) is 6.54 Å². The summed E-state index contributed by atoms with van der Waals surface area (Å²) in [5.41, 5.74) is 0. The number of hydrogen-bond acceptors (Lipinski definition) is 2. The first-order valence-electron chi connectivity index (χ1n) is 3.56. The van der Waals surface area contributed by atoms with Crippen LogP contribution in [0.1, 0.15) is 19.3 Å². The zero-order valence-electron chi connectivity index (χ0n) is 5.80. The summed E-state index contributed by atoms with van der Waals surface area (Å²) in [7, 11) is 0. The van der Waals surface area contributed by atoms with Gasteiger partial charge in [0.2, 0.25) is 6.29 Å². The summed E-state index contributed by atoms with van der Waals surface area (Å²) in [6.07, 6.45) is 3.97. The molecule has 0 bridgehead atoms. The first-order valence-corrected chi connectivity index (χ1v) is 3.56. The average molecular weight is 141 g/mol. The molecule has 0 aromatic carbocycles. The highest BCUT2D eigenvalue weighted by atomic mass is 16.2. The lowest BCUT2D eigenvalue weighted by molar-refractivity contribution is -0.131. The van der Waals surface area contributed by atoms with Gasteiger partial charge in [-0.25, -0.2) is 0 Å². The van der Waals surface area contributed by atoms with Crippen molar-refractivity contribution in [2.24, 2.45) is 5.92 Å². The van der Waals surface area contributed by atoms with E-state index in [1.807, 2.05) is 0 Å². The lowest BCUT2D eigenvalue weighted by Crippen LogP contribution is -2.32. The molecule has 0 aromatic rings. The molecule has 3 nitrogen and oxygen atoms in total. The van der Waals surface area contributed by atoms with E-state index < -0.39 is 5.91 Å². The van der Waals surface area contributed by atoms with E-state index in [1.165, 1.54) is 19.3 Å². The zero-order chi connectivity index (χ0) is 7.40. The van der Waals surface area contributed by atoms with Crippen molar-refractivity contribution in [1.82, 2.24) is 5.32 Å². The van der Waals surface area contributed by atoms with Gasteiger partial charge in [0.15, 0.2) is 0 Å². The maximum atomic E-state index is 10.4. The highest BCUT2D eigenvalue weighted by Crippen LogP contribution is 2.24. The molecule has 1 aliphatic rings. The van der Waals surface area contributed by atoms with Crippen molar-refractivity contribution in [1.29, 1.82) is 0 Å². The van der Waals surface area contributed by atoms with E-state index in [-0.39, 0.29) is 0 Å². The molecule has 0 radical (unpaired) electrons. The molecule has 0 aliphatic heterocycles. The number of amides is 1. The quantitative estimate of drug-likeness (QED) is 0.447. The first-order chi connectivity index (χ1) is 4.83. The van der Waals surface area contributed by atoms with Crippen molar-refractivity contribution < 1.29 is 9.59 Å². The van der Waals surface area contributed by atoms with Gasteiger partial charge in [-0.05, 0) is 18.8 Å². The van der Waals surface area contributed by atoms with E-state index in [0.29, 0.717) is 18.7 Å². The van der Waals surface area contributed by atoms with Gasteiger partial charge >= 0.3 is 0 Å². The molecule has 0 spiro atoms. The number of rotatable bonds is 3. The second-order valence-corrected chi connectivity index (χ2v) is 2.66. The van der Waals surface area contributed by atoms with Crippen LogP contribution in [0.4, 0.5) is 0 Å². The number of carbonyl (C=O) groups excluding carboxylic acids is 2. The van der Waals surface area contributed by atoms with E-state index in [9.17, 15) is 9.59 Å². The molecular formula is C7H11NO2. The fourth-order valence-electron chi connectivity index (χ4n) is 0.984. The second kappa shape index (κ2) is 3.34. The molecule has 1 N–H and O–H groups in total. The Labute approximate surface area is 59.8 Å². The van der Waals surface area contributed by atoms with Gasteiger partial charge in [0.05, 0.1) is 0 Å². The van der Waals surface area contributed by atoms with Crippen molar-refractivity contribution >= 4 is 12.2 Å². The van der Waals surface area contributed by atoms with Crippen molar-refractivity contribution in [3.63, 3.8) is 0 Å². The zero-order valence-corrected chi connectivity index (χ0v) is 5.80. The van der Waals surface area contributed by atoms with Crippen LogP contribution in [0.5, 0.6) is 0 Å². The van der Waals surface area contributed by atoms with Gasteiger partial charge in [0.1, 0.15) is 0 Å². The predicted molar refractivity (Wildman–Crippen MR) is 36.4 cm³/mol. The fraction of sp³-hybridized carbons (Fsp3) is 0.714. The summed E-state index contributed by atoms with van der Waals surface area (Å²) in [4.78, 5) is 20.2. The van der Waals surface area contributed by atoms with Gasteiger partial charge in [-0.2, -0.15) is 0 Å².